The second kappa shape index (κ2) is 6.10. The van der Waals surface area contributed by atoms with Gasteiger partial charge in [0.15, 0.2) is 0 Å². The average molecular weight is 291 g/mol. The number of nitrogens with one attached hydrogen (secondary N) is 1. The minimum atomic E-state index is 0.204. The number of anilines is 1. The lowest BCUT2D eigenvalue weighted by Crippen LogP contribution is -2.05. The third-order valence-electron chi connectivity index (χ3n) is 2.93. The third kappa shape index (κ3) is 3.28. The van der Waals surface area contributed by atoms with Crippen LogP contribution in [0.1, 0.15) is 35.2 Å². The van der Waals surface area contributed by atoms with E-state index in [4.69, 9.17) is 16.9 Å². The summed E-state index contributed by atoms with van der Waals surface area (Å²) in [5.41, 5.74) is 1.44. The van der Waals surface area contributed by atoms with Crippen molar-refractivity contribution >= 4 is 28.6 Å². The van der Waals surface area contributed by atoms with Crippen LogP contribution in [0.2, 0.25) is 5.02 Å². The van der Waals surface area contributed by atoms with Crippen molar-refractivity contribution in [2.75, 3.05) is 5.32 Å². The van der Waals surface area contributed by atoms with Crippen LogP contribution >= 0.6 is 22.9 Å². The van der Waals surface area contributed by atoms with E-state index in [0.29, 0.717) is 10.6 Å². The van der Waals surface area contributed by atoms with E-state index in [-0.39, 0.29) is 6.04 Å². The molecule has 1 N–H and O–H groups in total. The van der Waals surface area contributed by atoms with Crippen LogP contribution in [0.15, 0.2) is 30.3 Å². The van der Waals surface area contributed by atoms with Crippen LogP contribution in [0.5, 0.6) is 0 Å². The van der Waals surface area contributed by atoms with Crippen LogP contribution in [0.25, 0.3) is 0 Å². The molecule has 0 radical (unpaired) electrons. The van der Waals surface area contributed by atoms with E-state index in [1.54, 1.807) is 12.1 Å². The van der Waals surface area contributed by atoms with Crippen LogP contribution in [-0.4, -0.2) is 0 Å². The molecule has 1 heterocycles. The van der Waals surface area contributed by atoms with Gasteiger partial charge < -0.3 is 5.32 Å². The molecule has 0 fully saturated rings. The van der Waals surface area contributed by atoms with Crippen molar-refractivity contribution in [3.63, 3.8) is 0 Å². The normalized spacial score (nSPS) is 11.9. The Morgan fingerprint density at radius 1 is 1.37 bits per heavy atom. The fraction of sp³-hybridized carbons (Fsp3) is 0.267. The summed E-state index contributed by atoms with van der Waals surface area (Å²) in [5.74, 6) is 0. The van der Waals surface area contributed by atoms with E-state index in [1.165, 1.54) is 9.75 Å². The predicted molar refractivity (Wildman–Crippen MR) is 81.9 cm³/mol. The minimum Gasteiger partial charge on any atom is -0.377 e. The van der Waals surface area contributed by atoms with Gasteiger partial charge in [-0.3, -0.25) is 0 Å². The zero-order valence-corrected chi connectivity index (χ0v) is 12.5. The van der Waals surface area contributed by atoms with E-state index < -0.39 is 0 Å². The lowest BCUT2D eigenvalue weighted by Gasteiger charge is -2.15. The molecule has 2 aromatic rings. The fourth-order valence-electron chi connectivity index (χ4n) is 1.82. The van der Waals surface area contributed by atoms with Crippen molar-refractivity contribution in [2.24, 2.45) is 0 Å². The standard InChI is InChI=1S/C15H15ClN2S/c1-3-12-5-7-15(19-12)10(2)18-14-6-4-11(9-17)8-13(14)16/h4-8,10,18H,3H2,1-2H3. The maximum atomic E-state index is 8.82. The van der Waals surface area contributed by atoms with Crippen LogP contribution in [0.3, 0.4) is 0 Å². The number of rotatable bonds is 4. The summed E-state index contributed by atoms with van der Waals surface area (Å²) < 4.78 is 0. The molecule has 2 rings (SSSR count). The maximum Gasteiger partial charge on any atom is 0.0992 e. The predicted octanol–water partition coefficient (Wildman–Crippen LogP) is 5.01. The van der Waals surface area contributed by atoms with Gasteiger partial charge in [0.1, 0.15) is 0 Å². The van der Waals surface area contributed by atoms with E-state index in [1.807, 2.05) is 17.4 Å². The number of aryl methyl sites for hydroxylation is 1. The molecule has 0 bridgehead atoms. The van der Waals surface area contributed by atoms with Crippen molar-refractivity contribution in [1.82, 2.24) is 0 Å². The fourth-order valence-corrected chi connectivity index (χ4v) is 3.01. The van der Waals surface area contributed by atoms with E-state index in [0.717, 1.165) is 12.1 Å². The van der Waals surface area contributed by atoms with Gasteiger partial charge in [0.05, 0.1) is 28.4 Å². The molecule has 0 saturated heterocycles. The third-order valence-corrected chi connectivity index (χ3v) is 4.65. The second-order valence-corrected chi connectivity index (χ2v) is 5.94. The monoisotopic (exact) mass is 290 g/mol. The Kier molecular flexibility index (Phi) is 4.47. The zero-order valence-electron chi connectivity index (χ0n) is 10.9. The number of thiophene rings is 1. The molecule has 1 atom stereocenters. The van der Waals surface area contributed by atoms with Crippen molar-refractivity contribution in [3.8, 4) is 6.07 Å². The highest BCUT2D eigenvalue weighted by atomic mass is 35.5. The van der Waals surface area contributed by atoms with Gasteiger partial charge >= 0.3 is 0 Å². The van der Waals surface area contributed by atoms with Crippen molar-refractivity contribution in [3.05, 3.63) is 50.7 Å². The first kappa shape index (κ1) is 13.9. The molecule has 1 aromatic carbocycles. The smallest absolute Gasteiger partial charge is 0.0992 e. The van der Waals surface area contributed by atoms with E-state index >= 15 is 0 Å². The Balaban J connectivity index is 2.14. The largest absolute Gasteiger partial charge is 0.377 e. The van der Waals surface area contributed by atoms with Gasteiger partial charge in [0, 0.05) is 9.75 Å². The molecule has 1 unspecified atom stereocenters. The maximum absolute atomic E-state index is 8.82. The van der Waals surface area contributed by atoms with Crippen molar-refractivity contribution in [2.45, 2.75) is 26.3 Å². The molecular formula is C15H15ClN2S. The molecule has 0 saturated carbocycles. The molecular weight excluding hydrogens is 276 g/mol. The minimum absolute atomic E-state index is 0.204. The highest BCUT2D eigenvalue weighted by Crippen LogP contribution is 2.30. The highest BCUT2D eigenvalue weighted by Gasteiger charge is 2.10. The quantitative estimate of drug-likeness (QED) is 0.859. The molecule has 1 aromatic heterocycles. The summed E-state index contributed by atoms with van der Waals surface area (Å²) >= 11 is 7.98. The molecule has 0 aliphatic carbocycles. The highest BCUT2D eigenvalue weighted by molar-refractivity contribution is 7.12. The molecule has 0 aliphatic heterocycles. The van der Waals surface area contributed by atoms with Crippen LogP contribution in [0, 0.1) is 11.3 Å². The lowest BCUT2D eigenvalue weighted by molar-refractivity contribution is 0.908. The molecule has 0 aliphatic rings. The first-order valence-electron chi connectivity index (χ1n) is 6.18. The van der Waals surface area contributed by atoms with Crippen LogP contribution in [-0.2, 0) is 6.42 Å². The summed E-state index contributed by atoms with van der Waals surface area (Å²) in [4.78, 5) is 2.67. The number of nitriles is 1. The lowest BCUT2D eigenvalue weighted by atomic mass is 10.2. The zero-order chi connectivity index (χ0) is 13.8. The van der Waals surface area contributed by atoms with Crippen LogP contribution < -0.4 is 5.32 Å². The second-order valence-electron chi connectivity index (χ2n) is 4.33. The summed E-state index contributed by atoms with van der Waals surface area (Å²) in [6.07, 6.45) is 1.06. The van der Waals surface area contributed by atoms with E-state index in [9.17, 15) is 0 Å². The number of hydrogen-bond donors (Lipinski definition) is 1. The Labute approximate surface area is 122 Å². The summed E-state index contributed by atoms with van der Waals surface area (Å²) in [7, 11) is 0. The molecule has 19 heavy (non-hydrogen) atoms. The number of benzene rings is 1. The first-order chi connectivity index (χ1) is 9.13. The average Bonchev–Trinajstić information content (AvgIpc) is 2.90. The SMILES string of the molecule is CCc1ccc(C(C)Nc2ccc(C#N)cc2Cl)s1. The Hall–Kier alpha value is -1.50. The summed E-state index contributed by atoms with van der Waals surface area (Å²) in [5, 5.41) is 12.8. The topological polar surface area (TPSA) is 35.8 Å². The van der Waals surface area contributed by atoms with Gasteiger partial charge in [-0.15, -0.1) is 11.3 Å². The van der Waals surface area contributed by atoms with Crippen LogP contribution in [0.4, 0.5) is 5.69 Å². The van der Waals surface area contributed by atoms with Gasteiger partial charge in [-0.2, -0.15) is 5.26 Å². The summed E-state index contributed by atoms with van der Waals surface area (Å²) in [6, 6.07) is 11.9. The van der Waals surface area contributed by atoms with Gasteiger partial charge in [-0.25, -0.2) is 0 Å². The number of halogens is 1. The van der Waals surface area contributed by atoms with Gasteiger partial charge in [0.25, 0.3) is 0 Å². The molecule has 0 amide bonds. The van der Waals surface area contributed by atoms with Gasteiger partial charge in [0.2, 0.25) is 0 Å². The Morgan fingerprint density at radius 3 is 2.74 bits per heavy atom. The van der Waals surface area contributed by atoms with Gasteiger partial charge in [-0.1, -0.05) is 18.5 Å². The van der Waals surface area contributed by atoms with Gasteiger partial charge in [-0.05, 0) is 43.7 Å². The van der Waals surface area contributed by atoms with E-state index in [2.05, 4.69) is 37.4 Å². The van der Waals surface area contributed by atoms with Crippen molar-refractivity contribution in [1.29, 1.82) is 5.26 Å². The Bertz CT molecular complexity index is 613. The molecule has 4 heteroatoms. The molecule has 2 nitrogen and oxygen atoms in total. The number of nitrogens with zero attached hydrogens (tertiary/aromatic N) is 1. The summed E-state index contributed by atoms with van der Waals surface area (Å²) in [6.45, 7) is 4.27. The molecule has 98 valence electrons. The van der Waals surface area contributed by atoms with Crippen molar-refractivity contribution < 1.29 is 0 Å². The first-order valence-corrected chi connectivity index (χ1v) is 7.38. The number of hydrogen-bond acceptors (Lipinski definition) is 3. The molecule has 0 spiro atoms. The Morgan fingerprint density at radius 2 is 2.16 bits per heavy atom.